The molecule has 0 spiro atoms. The minimum absolute atomic E-state index is 0.0382. The Bertz CT molecular complexity index is 1090. The maximum atomic E-state index is 12.8. The zero-order chi connectivity index (χ0) is 25.7. The largest absolute Gasteiger partial charge is 0.462 e. The number of ether oxygens (including phenoxy) is 2. The van der Waals surface area contributed by atoms with Gasteiger partial charge in [-0.3, -0.25) is 9.59 Å². The van der Waals surface area contributed by atoms with Gasteiger partial charge >= 0.3 is 5.97 Å². The van der Waals surface area contributed by atoms with Crippen LogP contribution in [-0.4, -0.2) is 79.9 Å². The van der Waals surface area contributed by atoms with Crippen LogP contribution in [-0.2, 0) is 9.47 Å². The number of alkyl halides is 1. The smallest absolute Gasteiger partial charge is 0.350 e. The number of hydrogen-bond donors (Lipinski definition) is 3. The van der Waals surface area contributed by atoms with Crippen LogP contribution in [0.5, 0.6) is 0 Å². The van der Waals surface area contributed by atoms with Crippen LogP contribution >= 0.6 is 34.5 Å². The van der Waals surface area contributed by atoms with E-state index in [0.717, 1.165) is 11.3 Å². The summed E-state index contributed by atoms with van der Waals surface area (Å²) in [4.78, 5) is 46.8. The van der Waals surface area contributed by atoms with E-state index in [4.69, 9.17) is 32.7 Å². The van der Waals surface area contributed by atoms with Gasteiger partial charge in [0, 0.05) is 32.4 Å². The van der Waals surface area contributed by atoms with Crippen molar-refractivity contribution >= 4 is 57.5 Å². The molecule has 0 bridgehead atoms. The van der Waals surface area contributed by atoms with E-state index in [1.807, 2.05) is 4.90 Å². The summed E-state index contributed by atoms with van der Waals surface area (Å²) in [6.07, 6.45) is 0.0734. The minimum atomic E-state index is -0.744. The number of amides is 2. The van der Waals surface area contributed by atoms with Gasteiger partial charge in [-0.25, -0.2) is 14.2 Å². The van der Waals surface area contributed by atoms with Crippen LogP contribution in [0.25, 0.3) is 0 Å². The lowest BCUT2D eigenvalue weighted by Gasteiger charge is -2.37. The lowest BCUT2D eigenvalue weighted by Crippen LogP contribution is -2.55. The first-order valence-corrected chi connectivity index (χ1v) is 12.4. The third-order valence-corrected chi connectivity index (χ3v) is 7.45. The molecule has 0 aromatic carbocycles. The van der Waals surface area contributed by atoms with Crippen molar-refractivity contribution in [2.24, 2.45) is 0 Å². The highest BCUT2D eigenvalue weighted by molar-refractivity contribution is 7.17. The van der Waals surface area contributed by atoms with Gasteiger partial charge in [0.25, 0.3) is 11.8 Å². The van der Waals surface area contributed by atoms with Crippen molar-refractivity contribution in [3.05, 3.63) is 32.0 Å². The van der Waals surface area contributed by atoms with E-state index in [9.17, 15) is 18.8 Å². The van der Waals surface area contributed by atoms with Crippen molar-refractivity contribution in [1.82, 2.24) is 20.6 Å². The molecular weight excluding hydrogens is 524 g/mol. The van der Waals surface area contributed by atoms with E-state index < -0.39 is 30.6 Å². The number of hydrogen-bond acceptors (Lipinski definition) is 8. The summed E-state index contributed by atoms with van der Waals surface area (Å²) < 4.78 is 23.2. The molecule has 3 N–H and O–H groups in total. The van der Waals surface area contributed by atoms with Crippen molar-refractivity contribution in [2.75, 3.05) is 44.9 Å². The standard InChI is InChI=1S/C21H26Cl2FN5O5S/c1-4-34-20(32)17-16(18(30)25-7-6-24)28-21(35-17)29-8-5-11(12(9-29)33-3)27-19(31)15-14(23)13(22)10(2)26-15/h11-12,26H,4-9H2,1-3H3,(H,25,30)(H,27,31)/t11-,12+/m1/s1. The number of carbonyl (C=O) groups excluding carboxylic acids is 3. The van der Waals surface area contributed by atoms with Crippen LogP contribution in [0.1, 0.15) is 49.7 Å². The van der Waals surface area contributed by atoms with Gasteiger partial charge in [0.1, 0.15) is 17.2 Å². The molecular formula is C21H26Cl2FN5O5S. The Morgan fingerprint density at radius 1 is 1.29 bits per heavy atom. The molecule has 1 aliphatic heterocycles. The Labute approximate surface area is 215 Å². The monoisotopic (exact) mass is 549 g/mol. The molecule has 0 aliphatic carbocycles. The number of nitrogens with one attached hydrogen (secondary N) is 3. The lowest BCUT2D eigenvalue weighted by atomic mass is 10.0. The molecule has 35 heavy (non-hydrogen) atoms. The number of anilines is 1. The summed E-state index contributed by atoms with van der Waals surface area (Å²) in [6, 6.07) is -0.334. The fourth-order valence-electron chi connectivity index (χ4n) is 3.64. The molecule has 0 saturated carbocycles. The number of carbonyl (C=O) groups is 3. The average molecular weight is 550 g/mol. The van der Waals surface area contributed by atoms with Crippen molar-refractivity contribution in [3.63, 3.8) is 0 Å². The Hall–Kier alpha value is -2.41. The average Bonchev–Trinajstić information content (AvgIpc) is 3.40. The van der Waals surface area contributed by atoms with Crippen molar-refractivity contribution in [1.29, 1.82) is 0 Å². The van der Waals surface area contributed by atoms with E-state index >= 15 is 0 Å². The summed E-state index contributed by atoms with van der Waals surface area (Å²) in [6.45, 7) is 3.36. The van der Waals surface area contributed by atoms with Gasteiger partial charge < -0.3 is 30.0 Å². The Balaban J connectivity index is 1.76. The number of methoxy groups -OCH3 is 1. The van der Waals surface area contributed by atoms with E-state index in [0.29, 0.717) is 35.4 Å². The van der Waals surface area contributed by atoms with Gasteiger partial charge in [0.15, 0.2) is 10.8 Å². The SMILES string of the molecule is CCOC(=O)c1sc(N2CC[C@@H](NC(=O)c3[nH]c(C)c(Cl)c3Cl)[C@@H](OC)C2)nc1C(=O)NCCF. The quantitative estimate of drug-likeness (QED) is 0.410. The third-order valence-electron chi connectivity index (χ3n) is 5.40. The van der Waals surface area contributed by atoms with E-state index in [1.54, 1.807) is 13.8 Å². The summed E-state index contributed by atoms with van der Waals surface area (Å²) in [7, 11) is 1.53. The first-order chi connectivity index (χ1) is 16.7. The van der Waals surface area contributed by atoms with Crippen molar-refractivity contribution in [2.45, 2.75) is 32.4 Å². The number of nitrogens with zero attached hydrogens (tertiary/aromatic N) is 2. The van der Waals surface area contributed by atoms with Gasteiger partial charge in [-0.2, -0.15) is 0 Å². The third kappa shape index (κ3) is 6.05. The van der Waals surface area contributed by atoms with Crippen molar-refractivity contribution in [3.8, 4) is 0 Å². The van der Waals surface area contributed by atoms with E-state index in [-0.39, 0.29) is 40.5 Å². The molecule has 0 unspecified atom stereocenters. The van der Waals surface area contributed by atoms with Gasteiger partial charge in [0.05, 0.1) is 28.8 Å². The zero-order valence-electron chi connectivity index (χ0n) is 19.4. The molecule has 1 fully saturated rings. The highest BCUT2D eigenvalue weighted by Gasteiger charge is 2.34. The van der Waals surface area contributed by atoms with E-state index in [2.05, 4.69) is 20.6 Å². The zero-order valence-corrected chi connectivity index (χ0v) is 21.7. The van der Waals surface area contributed by atoms with Crippen LogP contribution in [0.3, 0.4) is 0 Å². The Morgan fingerprint density at radius 2 is 2.03 bits per heavy atom. The number of aromatic nitrogens is 2. The predicted molar refractivity (Wildman–Crippen MR) is 131 cm³/mol. The van der Waals surface area contributed by atoms with Gasteiger partial charge in [-0.05, 0) is 20.3 Å². The summed E-state index contributed by atoms with van der Waals surface area (Å²) in [5.41, 5.74) is 0.650. The minimum Gasteiger partial charge on any atom is -0.462 e. The number of halogens is 3. The number of H-pyrrole nitrogens is 1. The first kappa shape index (κ1) is 27.2. The molecule has 2 amide bonds. The van der Waals surface area contributed by atoms with Crippen LogP contribution < -0.4 is 15.5 Å². The Morgan fingerprint density at radius 3 is 2.63 bits per heavy atom. The first-order valence-electron chi connectivity index (χ1n) is 10.9. The second-order valence-electron chi connectivity index (χ2n) is 7.68. The van der Waals surface area contributed by atoms with Gasteiger partial charge in [-0.1, -0.05) is 34.5 Å². The highest BCUT2D eigenvalue weighted by atomic mass is 35.5. The Kier molecular flexibility index (Phi) is 9.34. The molecule has 10 nitrogen and oxygen atoms in total. The predicted octanol–water partition coefficient (Wildman–Crippen LogP) is 2.99. The van der Waals surface area contributed by atoms with Crippen LogP contribution in [0.2, 0.25) is 10.0 Å². The van der Waals surface area contributed by atoms with Gasteiger partial charge in [-0.15, -0.1) is 0 Å². The lowest BCUT2D eigenvalue weighted by molar-refractivity contribution is 0.0527. The van der Waals surface area contributed by atoms with E-state index in [1.165, 1.54) is 7.11 Å². The fraction of sp³-hybridized carbons (Fsp3) is 0.524. The van der Waals surface area contributed by atoms with Crippen molar-refractivity contribution < 1.29 is 28.2 Å². The molecule has 2 aromatic rings. The second-order valence-corrected chi connectivity index (χ2v) is 9.41. The van der Waals surface area contributed by atoms with Crippen LogP contribution in [0.4, 0.5) is 9.52 Å². The number of piperidine rings is 1. The summed E-state index contributed by atoms with van der Waals surface area (Å²) >= 11 is 13.2. The number of aryl methyl sites for hydroxylation is 1. The molecule has 14 heteroatoms. The molecule has 192 valence electrons. The molecule has 0 radical (unpaired) electrons. The fourth-order valence-corrected chi connectivity index (χ4v) is 5.05. The maximum Gasteiger partial charge on any atom is 0.350 e. The molecule has 3 heterocycles. The number of thiazole rings is 1. The normalized spacial score (nSPS) is 17.8. The topological polar surface area (TPSA) is 126 Å². The number of rotatable bonds is 9. The molecule has 1 saturated heterocycles. The van der Waals surface area contributed by atoms with Gasteiger partial charge in [0.2, 0.25) is 0 Å². The molecule has 2 aromatic heterocycles. The summed E-state index contributed by atoms with van der Waals surface area (Å²) in [5, 5.41) is 6.18. The second kappa shape index (κ2) is 12.0. The maximum absolute atomic E-state index is 12.8. The highest BCUT2D eigenvalue weighted by Crippen LogP contribution is 2.31. The number of aromatic amines is 1. The van der Waals surface area contributed by atoms with Crippen LogP contribution in [0, 0.1) is 6.92 Å². The molecule has 2 atom stereocenters. The molecule has 3 rings (SSSR count). The number of esters is 1. The van der Waals surface area contributed by atoms with Crippen LogP contribution in [0.15, 0.2) is 0 Å². The summed E-state index contributed by atoms with van der Waals surface area (Å²) in [5.74, 6) is -1.74. The molecule has 1 aliphatic rings.